The first kappa shape index (κ1) is 14.5. The van der Waals surface area contributed by atoms with Gasteiger partial charge in [0.1, 0.15) is 6.54 Å². The highest BCUT2D eigenvalue weighted by molar-refractivity contribution is 7.89. The average Bonchev–Trinajstić information content (AvgIpc) is 2.58. The number of carbonyl (C=O) groups excluding carboxylic acids is 1. The van der Waals surface area contributed by atoms with Gasteiger partial charge in [-0.2, -0.15) is 4.72 Å². The molecule has 0 fully saturated rings. The Balaban J connectivity index is 2.40. The van der Waals surface area contributed by atoms with E-state index in [1.807, 2.05) is 4.72 Å². The number of carboxylic acid groups (broad SMARTS) is 1. The first-order valence-electron chi connectivity index (χ1n) is 5.82. The standard InChI is InChI=1S/C12H14N2O5S/c1-12(2)8-5-7(3-4-9(8)14-11(12)17)20(18,19)13-6-10(15)16/h3-5,13H,6H2,1-2H3,(H,14,17)(H,15,16). The fraction of sp³-hybridized carbons (Fsp3) is 0.333. The zero-order chi connectivity index (χ0) is 15.1. The van der Waals surface area contributed by atoms with Crippen molar-refractivity contribution in [3.05, 3.63) is 23.8 Å². The molecule has 1 amide bonds. The largest absolute Gasteiger partial charge is 0.480 e. The minimum absolute atomic E-state index is 0.0675. The van der Waals surface area contributed by atoms with Crippen LogP contribution in [-0.4, -0.2) is 31.9 Å². The Labute approximate surface area is 116 Å². The van der Waals surface area contributed by atoms with Crippen molar-refractivity contribution in [1.82, 2.24) is 4.72 Å². The van der Waals surface area contributed by atoms with Crippen molar-refractivity contribution in [1.29, 1.82) is 0 Å². The normalized spacial score (nSPS) is 16.6. The van der Waals surface area contributed by atoms with E-state index >= 15 is 0 Å². The van der Waals surface area contributed by atoms with Crippen molar-refractivity contribution < 1.29 is 23.1 Å². The number of aliphatic carboxylic acids is 1. The number of hydrogen-bond donors (Lipinski definition) is 3. The highest BCUT2D eigenvalue weighted by Crippen LogP contribution is 2.38. The second kappa shape index (κ2) is 4.57. The molecule has 0 spiro atoms. The van der Waals surface area contributed by atoms with Crippen LogP contribution in [0.4, 0.5) is 5.69 Å². The van der Waals surface area contributed by atoms with Crippen LogP contribution < -0.4 is 10.0 Å². The molecule has 8 heteroatoms. The second-order valence-electron chi connectivity index (χ2n) is 5.00. The van der Waals surface area contributed by atoms with Crippen molar-refractivity contribution >= 4 is 27.6 Å². The van der Waals surface area contributed by atoms with Crippen LogP contribution in [-0.2, 0) is 25.0 Å². The Morgan fingerprint density at radius 3 is 2.65 bits per heavy atom. The van der Waals surface area contributed by atoms with Gasteiger partial charge in [-0.3, -0.25) is 9.59 Å². The Hall–Kier alpha value is -1.93. The Morgan fingerprint density at radius 1 is 1.40 bits per heavy atom. The second-order valence-corrected chi connectivity index (χ2v) is 6.77. The summed E-state index contributed by atoms with van der Waals surface area (Å²) in [5.74, 6) is -1.48. The van der Waals surface area contributed by atoms with Crippen molar-refractivity contribution in [2.45, 2.75) is 24.2 Å². The number of fused-ring (bicyclic) bond motifs is 1. The lowest BCUT2D eigenvalue weighted by atomic mass is 9.86. The molecule has 1 aromatic rings. The molecule has 7 nitrogen and oxygen atoms in total. The van der Waals surface area contributed by atoms with Crippen molar-refractivity contribution in [2.24, 2.45) is 0 Å². The van der Waals surface area contributed by atoms with Crippen LogP contribution in [0.1, 0.15) is 19.4 Å². The molecule has 1 aliphatic heterocycles. The van der Waals surface area contributed by atoms with E-state index in [2.05, 4.69) is 5.32 Å². The molecule has 0 radical (unpaired) electrons. The lowest BCUT2D eigenvalue weighted by Gasteiger charge is -2.15. The third kappa shape index (κ3) is 2.39. The van der Waals surface area contributed by atoms with E-state index in [0.29, 0.717) is 11.3 Å². The summed E-state index contributed by atoms with van der Waals surface area (Å²) >= 11 is 0. The number of rotatable bonds is 4. The molecular weight excluding hydrogens is 284 g/mol. The number of anilines is 1. The topological polar surface area (TPSA) is 113 Å². The summed E-state index contributed by atoms with van der Waals surface area (Å²) in [7, 11) is -3.91. The number of carbonyl (C=O) groups is 2. The van der Waals surface area contributed by atoms with Gasteiger partial charge in [0.05, 0.1) is 10.3 Å². The van der Waals surface area contributed by atoms with Gasteiger partial charge in [-0.05, 0) is 37.6 Å². The molecule has 0 aliphatic carbocycles. The van der Waals surface area contributed by atoms with E-state index in [-0.39, 0.29) is 10.8 Å². The summed E-state index contributed by atoms with van der Waals surface area (Å²) in [6.45, 7) is 2.68. The number of hydrogen-bond acceptors (Lipinski definition) is 4. The molecule has 0 aromatic heterocycles. The van der Waals surface area contributed by atoms with Crippen LogP contribution in [0.2, 0.25) is 0 Å². The Kier molecular flexibility index (Phi) is 3.31. The summed E-state index contributed by atoms with van der Waals surface area (Å²) < 4.78 is 25.9. The van der Waals surface area contributed by atoms with E-state index in [1.54, 1.807) is 13.8 Å². The Bertz CT molecular complexity index is 694. The number of amides is 1. The van der Waals surface area contributed by atoms with Gasteiger partial charge in [0.2, 0.25) is 15.9 Å². The van der Waals surface area contributed by atoms with E-state index in [4.69, 9.17) is 5.11 Å². The molecule has 0 saturated heterocycles. The minimum Gasteiger partial charge on any atom is -0.480 e. The number of carboxylic acids is 1. The predicted molar refractivity (Wildman–Crippen MR) is 70.9 cm³/mol. The van der Waals surface area contributed by atoms with Crippen molar-refractivity contribution in [2.75, 3.05) is 11.9 Å². The first-order valence-corrected chi connectivity index (χ1v) is 7.30. The fourth-order valence-corrected chi connectivity index (χ4v) is 2.96. The maximum atomic E-state index is 11.9. The molecule has 20 heavy (non-hydrogen) atoms. The van der Waals surface area contributed by atoms with Gasteiger partial charge in [0, 0.05) is 5.69 Å². The highest BCUT2D eigenvalue weighted by atomic mass is 32.2. The van der Waals surface area contributed by atoms with Gasteiger partial charge in [-0.15, -0.1) is 0 Å². The monoisotopic (exact) mass is 298 g/mol. The molecule has 3 N–H and O–H groups in total. The van der Waals surface area contributed by atoms with Crippen LogP contribution in [0.25, 0.3) is 0 Å². The molecule has 108 valence electrons. The number of nitrogens with one attached hydrogen (secondary N) is 2. The van der Waals surface area contributed by atoms with E-state index < -0.39 is 28.0 Å². The number of sulfonamides is 1. The maximum absolute atomic E-state index is 11.9. The van der Waals surface area contributed by atoms with Crippen LogP contribution >= 0.6 is 0 Å². The summed E-state index contributed by atoms with van der Waals surface area (Å²) in [5.41, 5.74) is 0.311. The van der Waals surface area contributed by atoms with Gasteiger partial charge in [0.25, 0.3) is 0 Å². The minimum atomic E-state index is -3.91. The molecule has 0 atom stereocenters. The zero-order valence-corrected chi connectivity index (χ0v) is 11.7. The predicted octanol–water partition coefficient (Wildman–Crippen LogP) is 0.279. The van der Waals surface area contributed by atoms with Crippen molar-refractivity contribution in [3.63, 3.8) is 0 Å². The van der Waals surface area contributed by atoms with Gasteiger partial charge >= 0.3 is 5.97 Å². The Morgan fingerprint density at radius 2 is 2.05 bits per heavy atom. The molecule has 1 heterocycles. The van der Waals surface area contributed by atoms with Crippen LogP contribution in [0.15, 0.2) is 23.1 Å². The molecule has 0 unspecified atom stereocenters. The van der Waals surface area contributed by atoms with E-state index in [0.717, 1.165) is 0 Å². The zero-order valence-electron chi connectivity index (χ0n) is 10.9. The molecular formula is C12H14N2O5S. The molecule has 0 saturated carbocycles. The smallest absolute Gasteiger partial charge is 0.318 e. The number of benzene rings is 1. The lowest BCUT2D eigenvalue weighted by molar-refractivity contribution is -0.135. The van der Waals surface area contributed by atoms with Gasteiger partial charge in [0.15, 0.2) is 0 Å². The van der Waals surface area contributed by atoms with E-state index in [1.165, 1.54) is 18.2 Å². The van der Waals surface area contributed by atoms with Crippen molar-refractivity contribution in [3.8, 4) is 0 Å². The molecule has 1 aliphatic rings. The quantitative estimate of drug-likeness (QED) is 0.739. The lowest BCUT2D eigenvalue weighted by Crippen LogP contribution is -2.30. The fourth-order valence-electron chi connectivity index (χ4n) is 1.96. The molecule has 2 rings (SSSR count). The maximum Gasteiger partial charge on any atom is 0.318 e. The van der Waals surface area contributed by atoms with Crippen LogP contribution in [0.5, 0.6) is 0 Å². The summed E-state index contributed by atoms with van der Waals surface area (Å²) in [5, 5.41) is 11.2. The molecule has 0 bridgehead atoms. The first-order chi connectivity index (χ1) is 9.14. The summed E-state index contributed by atoms with van der Waals surface area (Å²) in [6, 6.07) is 4.21. The SMILES string of the molecule is CC1(C)C(=O)Nc2ccc(S(=O)(=O)NCC(=O)O)cc21. The van der Waals surface area contributed by atoms with Gasteiger partial charge in [-0.25, -0.2) is 8.42 Å². The third-order valence-electron chi connectivity index (χ3n) is 3.20. The summed E-state index contributed by atoms with van der Waals surface area (Å²) in [4.78, 5) is 22.1. The third-order valence-corrected chi connectivity index (χ3v) is 4.60. The molecule has 1 aromatic carbocycles. The highest BCUT2D eigenvalue weighted by Gasteiger charge is 2.39. The van der Waals surface area contributed by atoms with Crippen LogP contribution in [0.3, 0.4) is 0 Å². The van der Waals surface area contributed by atoms with Gasteiger partial charge < -0.3 is 10.4 Å². The van der Waals surface area contributed by atoms with Crippen LogP contribution in [0, 0.1) is 0 Å². The van der Waals surface area contributed by atoms with Gasteiger partial charge in [-0.1, -0.05) is 0 Å². The summed E-state index contributed by atoms with van der Waals surface area (Å²) in [6.07, 6.45) is 0. The average molecular weight is 298 g/mol. The van der Waals surface area contributed by atoms with E-state index in [9.17, 15) is 18.0 Å².